The first kappa shape index (κ1) is 18.0. The topological polar surface area (TPSA) is 59.8 Å². The average molecular weight is 359 g/mol. The Kier molecular flexibility index (Phi) is 6.13. The van der Waals surface area contributed by atoms with Gasteiger partial charge in [0.1, 0.15) is 0 Å². The van der Waals surface area contributed by atoms with Crippen LogP contribution in [-0.2, 0) is 11.8 Å². The molecule has 0 aliphatic heterocycles. The largest absolute Gasteiger partial charge is 0.352 e. The van der Waals surface area contributed by atoms with Crippen molar-refractivity contribution in [3.63, 3.8) is 0 Å². The lowest BCUT2D eigenvalue weighted by molar-refractivity contribution is -0.121. The van der Waals surface area contributed by atoms with Gasteiger partial charge in [-0.3, -0.25) is 4.79 Å². The molecule has 0 unspecified atom stereocenters. The van der Waals surface area contributed by atoms with Gasteiger partial charge in [0.15, 0.2) is 11.0 Å². The third-order valence-electron chi connectivity index (χ3n) is 4.72. The van der Waals surface area contributed by atoms with Crippen molar-refractivity contribution in [2.75, 3.05) is 0 Å². The predicted molar refractivity (Wildman–Crippen MR) is 101 cm³/mol. The standard InChI is InChI=1S/C19H26N4OS/c1-14(18(24)20-16-12-8-3-4-9-13-16)25-19-22-21-17(23(19)2)15-10-6-5-7-11-15/h5-7,10-11,14,16H,3-4,8-9,12-13H2,1-2H3,(H,20,24)/t14-/m1/s1. The zero-order valence-electron chi connectivity index (χ0n) is 14.9. The first-order chi connectivity index (χ1) is 12.1. The summed E-state index contributed by atoms with van der Waals surface area (Å²) >= 11 is 1.46. The molecule has 1 atom stereocenters. The highest BCUT2D eigenvalue weighted by Gasteiger charge is 2.22. The van der Waals surface area contributed by atoms with E-state index in [1.165, 1.54) is 37.4 Å². The summed E-state index contributed by atoms with van der Waals surface area (Å²) in [7, 11) is 1.95. The van der Waals surface area contributed by atoms with E-state index in [1.807, 2.05) is 48.9 Å². The zero-order valence-corrected chi connectivity index (χ0v) is 15.8. The Balaban J connectivity index is 1.62. The number of carbonyl (C=O) groups excluding carboxylic acids is 1. The molecule has 3 rings (SSSR count). The smallest absolute Gasteiger partial charge is 0.233 e. The molecule has 0 spiro atoms. The minimum Gasteiger partial charge on any atom is -0.352 e. The number of aromatic nitrogens is 3. The third-order valence-corrected chi connectivity index (χ3v) is 5.85. The van der Waals surface area contributed by atoms with E-state index in [1.54, 1.807) is 0 Å². The van der Waals surface area contributed by atoms with Gasteiger partial charge >= 0.3 is 0 Å². The molecule has 1 aromatic carbocycles. The Hall–Kier alpha value is -1.82. The maximum Gasteiger partial charge on any atom is 0.233 e. The van der Waals surface area contributed by atoms with Gasteiger partial charge in [0.25, 0.3) is 0 Å². The minimum absolute atomic E-state index is 0.0983. The molecule has 1 aliphatic rings. The van der Waals surface area contributed by atoms with E-state index in [9.17, 15) is 4.79 Å². The summed E-state index contributed by atoms with van der Waals surface area (Å²) < 4.78 is 1.95. The summed E-state index contributed by atoms with van der Waals surface area (Å²) in [6.45, 7) is 1.94. The predicted octanol–water partition coefficient (Wildman–Crippen LogP) is 3.80. The van der Waals surface area contributed by atoms with Gasteiger partial charge < -0.3 is 9.88 Å². The quantitative estimate of drug-likeness (QED) is 0.652. The van der Waals surface area contributed by atoms with Crippen molar-refractivity contribution in [1.82, 2.24) is 20.1 Å². The molecule has 0 saturated heterocycles. The van der Waals surface area contributed by atoms with Crippen molar-refractivity contribution < 1.29 is 4.79 Å². The van der Waals surface area contributed by atoms with E-state index < -0.39 is 0 Å². The lowest BCUT2D eigenvalue weighted by atomic mass is 10.1. The second kappa shape index (κ2) is 8.52. The molecule has 0 radical (unpaired) electrons. The molecule has 1 amide bonds. The highest BCUT2D eigenvalue weighted by atomic mass is 32.2. The number of carbonyl (C=O) groups is 1. The van der Waals surface area contributed by atoms with Crippen LogP contribution in [0, 0.1) is 0 Å². The van der Waals surface area contributed by atoms with Crippen molar-refractivity contribution in [3.05, 3.63) is 30.3 Å². The van der Waals surface area contributed by atoms with Gasteiger partial charge in [0, 0.05) is 18.7 Å². The molecule has 1 aliphatic carbocycles. The molecule has 6 heteroatoms. The molecule has 0 bridgehead atoms. The first-order valence-electron chi connectivity index (χ1n) is 9.07. The Bertz CT molecular complexity index is 693. The summed E-state index contributed by atoms with van der Waals surface area (Å²) in [5, 5.41) is 12.4. The fraction of sp³-hybridized carbons (Fsp3) is 0.526. The summed E-state index contributed by atoms with van der Waals surface area (Å²) in [6.07, 6.45) is 7.22. The number of hydrogen-bond donors (Lipinski definition) is 1. The lowest BCUT2D eigenvalue weighted by Crippen LogP contribution is -2.39. The maximum atomic E-state index is 12.5. The molecule has 1 saturated carbocycles. The molecule has 1 aromatic heterocycles. The van der Waals surface area contributed by atoms with Crippen molar-refractivity contribution >= 4 is 17.7 Å². The van der Waals surface area contributed by atoms with E-state index in [4.69, 9.17) is 0 Å². The van der Waals surface area contributed by atoms with Crippen molar-refractivity contribution in [3.8, 4) is 11.4 Å². The molecular weight excluding hydrogens is 332 g/mol. The molecule has 1 fully saturated rings. The van der Waals surface area contributed by atoms with Gasteiger partial charge in [0.2, 0.25) is 5.91 Å². The van der Waals surface area contributed by atoms with Crippen LogP contribution in [0.3, 0.4) is 0 Å². The SMILES string of the molecule is C[C@@H](Sc1nnc(-c2ccccc2)n1C)C(=O)NC1CCCCCC1. The van der Waals surface area contributed by atoms with Gasteiger partial charge in [-0.2, -0.15) is 0 Å². The van der Waals surface area contributed by atoms with Crippen molar-refractivity contribution in [2.45, 2.75) is 61.9 Å². The van der Waals surface area contributed by atoms with Crippen LogP contribution in [0.5, 0.6) is 0 Å². The molecule has 2 aromatic rings. The van der Waals surface area contributed by atoms with E-state index in [0.29, 0.717) is 6.04 Å². The fourth-order valence-corrected chi connectivity index (χ4v) is 4.03. The Morgan fingerprint density at radius 1 is 1.16 bits per heavy atom. The van der Waals surface area contributed by atoms with E-state index in [-0.39, 0.29) is 11.2 Å². The fourth-order valence-electron chi connectivity index (χ4n) is 3.21. The van der Waals surface area contributed by atoms with Crippen LogP contribution in [0.1, 0.15) is 45.4 Å². The normalized spacial score (nSPS) is 17.0. The molecule has 25 heavy (non-hydrogen) atoms. The maximum absolute atomic E-state index is 12.5. The summed E-state index contributed by atoms with van der Waals surface area (Å²) in [4.78, 5) is 12.5. The van der Waals surface area contributed by atoms with Crippen molar-refractivity contribution in [1.29, 1.82) is 0 Å². The Labute approximate surface area is 153 Å². The van der Waals surface area contributed by atoms with Crippen LogP contribution in [0.4, 0.5) is 0 Å². The average Bonchev–Trinajstić information content (AvgIpc) is 2.83. The summed E-state index contributed by atoms with van der Waals surface area (Å²) in [5.41, 5.74) is 1.03. The summed E-state index contributed by atoms with van der Waals surface area (Å²) in [6, 6.07) is 10.3. The van der Waals surface area contributed by atoms with Crippen LogP contribution in [0.25, 0.3) is 11.4 Å². The highest BCUT2D eigenvalue weighted by molar-refractivity contribution is 8.00. The Morgan fingerprint density at radius 2 is 1.84 bits per heavy atom. The van der Waals surface area contributed by atoms with Gasteiger partial charge in [-0.05, 0) is 19.8 Å². The second-order valence-corrected chi connectivity index (χ2v) is 8.00. The molecule has 134 valence electrons. The van der Waals surface area contributed by atoms with Crippen LogP contribution >= 0.6 is 11.8 Å². The highest BCUT2D eigenvalue weighted by Crippen LogP contribution is 2.26. The number of nitrogens with zero attached hydrogens (tertiary/aromatic N) is 3. The molecule has 5 nitrogen and oxygen atoms in total. The van der Waals surface area contributed by atoms with E-state index >= 15 is 0 Å². The number of benzene rings is 1. The lowest BCUT2D eigenvalue weighted by Gasteiger charge is -2.19. The van der Waals surface area contributed by atoms with Gasteiger partial charge in [0.05, 0.1) is 5.25 Å². The Morgan fingerprint density at radius 3 is 2.52 bits per heavy atom. The number of nitrogens with one attached hydrogen (secondary N) is 1. The van der Waals surface area contributed by atoms with Crippen LogP contribution in [-0.4, -0.2) is 32.0 Å². The van der Waals surface area contributed by atoms with E-state index in [2.05, 4.69) is 15.5 Å². The summed E-state index contributed by atoms with van der Waals surface area (Å²) in [5.74, 6) is 0.917. The number of amides is 1. The monoisotopic (exact) mass is 358 g/mol. The van der Waals surface area contributed by atoms with Gasteiger partial charge in [-0.1, -0.05) is 67.8 Å². The van der Waals surface area contributed by atoms with Crippen molar-refractivity contribution in [2.24, 2.45) is 7.05 Å². The van der Waals surface area contributed by atoms with Crippen LogP contribution < -0.4 is 5.32 Å². The molecule has 1 heterocycles. The second-order valence-electron chi connectivity index (χ2n) is 6.69. The molecular formula is C19H26N4OS. The third kappa shape index (κ3) is 4.63. The minimum atomic E-state index is -0.185. The van der Waals surface area contributed by atoms with Crippen LogP contribution in [0.15, 0.2) is 35.5 Å². The molecule has 1 N–H and O–H groups in total. The number of rotatable bonds is 5. The zero-order chi connectivity index (χ0) is 17.6. The number of thioether (sulfide) groups is 1. The first-order valence-corrected chi connectivity index (χ1v) is 9.95. The van der Waals surface area contributed by atoms with Crippen LogP contribution in [0.2, 0.25) is 0 Å². The van der Waals surface area contributed by atoms with E-state index in [0.717, 1.165) is 29.4 Å². The van der Waals surface area contributed by atoms with Gasteiger partial charge in [-0.15, -0.1) is 10.2 Å². The van der Waals surface area contributed by atoms with Gasteiger partial charge in [-0.25, -0.2) is 0 Å². The number of hydrogen-bond acceptors (Lipinski definition) is 4.